The summed E-state index contributed by atoms with van der Waals surface area (Å²) in [5.74, 6) is 1.15. The predicted molar refractivity (Wildman–Crippen MR) is 78.0 cm³/mol. The Bertz CT molecular complexity index is 441. The molecule has 0 unspecified atom stereocenters. The van der Waals surface area contributed by atoms with Crippen molar-refractivity contribution in [3.63, 3.8) is 0 Å². The van der Waals surface area contributed by atoms with E-state index in [1.165, 1.54) is 0 Å². The third-order valence-electron chi connectivity index (χ3n) is 2.88. The lowest BCUT2D eigenvalue weighted by atomic mass is 10.1. The number of aryl methyl sites for hydroxylation is 1. The van der Waals surface area contributed by atoms with Crippen LogP contribution in [0.15, 0.2) is 18.2 Å². The van der Waals surface area contributed by atoms with Gasteiger partial charge in [0.05, 0.1) is 7.11 Å². The van der Waals surface area contributed by atoms with Crippen molar-refractivity contribution in [2.45, 2.75) is 13.3 Å². The van der Waals surface area contributed by atoms with E-state index < -0.39 is 7.67 Å². The maximum atomic E-state index is 12.9. The lowest BCUT2D eigenvalue weighted by molar-refractivity contribution is 0.336. The molecule has 0 atom stereocenters. The van der Waals surface area contributed by atoms with E-state index in [1.807, 2.05) is 25.1 Å². The molecule has 19 heavy (non-hydrogen) atoms. The summed E-state index contributed by atoms with van der Waals surface area (Å²) < 4.78 is 27.2. The maximum absolute atomic E-state index is 12.9. The Morgan fingerprint density at radius 3 is 2.16 bits per heavy atom. The van der Waals surface area contributed by atoms with E-state index >= 15 is 0 Å². The van der Waals surface area contributed by atoms with Gasteiger partial charge < -0.3 is 9.26 Å². The molecule has 0 aliphatic rings. The number of methoxy groups -OCH3 is 1. The van der Waals surface area contributed by atoms with Crippen molar-refractivity contribution in [2.24, 2.45) is 0 Å². The van der Waals surface area contributed by atoms with E-state index in [9.17, 15) is 4.57 Å². The first-order valence-corrected chi connectivity index (χ1v) is 7.71. The Morgan fingerprint density at radius 1 is 1.16 bits per heavy atom. The van der Waals surface area contributed by atoms with Crippen molar-refractivity contribution in [2.75, 3.05) is 35.3 Å². The Labute approximate surface area is 115 Å². The quantitative estimate of drug-likeness (QED) is 0.752. The zero-order valence-electron chi connectivity index (χ0n) is 12.5. The number of nitrogens with zero attached hydrogens (tertiary/aromatic N) is 2. The molecular formula is C13H23N2O3P. The number of hydrogen-bond acceptors (Lipinski definition) is 3. The van der Waals surface area contributed by atoms with E-state index in [4.69, 9.17) is 9.26 Å². The van der Waals surface area contributed by atoms with Crippen LogP contribution in [0.3, 0.4) is 0 Å². The average Bonchev–Trinajstić information content (AvgIpc) is 2.38. The minimum Gasteiger partial charge on any atom is -0.493 e. The molecule has 0 heterocycles. The summed E-state index contributed by atoms with van der Waals surface area (Å²) in [5, 5.41) is 0. The highest BCUT2D eigenvalue weighted by Gasteiger charge is 2.33. The fourth-order valence-corrected chi connectivity index (χ4v) is 3.23. The molecule has 0 N–H and O–H groups in total. The number of benzene rings is 1. The zero-order valence-corrected chi connectivity index (χ0v) is 13.4. The molecule has 0 fully saturated rings. The second-order valence-corrected chi connectivity index (χ2v) is 7.34. The lowest BCUT2D eigenvalue weighted by Crippen LogP contribution is -2.24. The highest BCUT2D eigenvalue weighted by Crippen LogP contribution is 2.53. The summed E-state index contributed by atoms with van der Waals surface area (Å²) in [6, 6.07) is 5.67. The van der Waals surface area contributed by atoms with Gasteiger partial charge in [0.1, 0.15) is 0 Å². The topological polar surface area (TPSA) is 42.0 Å². The third kappa shape index (κ3) is 3.30. The van der Waals surface area contributed by atoms with Gasteiger partial charge in [0.25, 0.3) is 0 Å². The summed E-state index contributed by atoms with van der Waals surface area (Å²) >= 11 is 0. The van der Waals surface area contributed by atoms with Gasteiger partial charge in [-0.05, 0) is 46.2 Å². The first-order valence-electron chi connectivity index (χ1n) is 6.18. The SMILES string of the molecule is CCc1cccc(OC)c1OP(=O)(N(C)C)N(C)C. The van der Waals surface area contributed by atoms with Crippen LogP contribution in [0.2, 0.25) is 0 Å². The van der Waals surface area contributed by atoms with Gasteiger partial charge in [0, 0.05) is 0 Å². The minimum atomic E-state index is -3.08. The van der Waals surface area contributed by atoms with Crippen LogP contribution in [-0.2, 0) is 11.0 Å². The van der Waals surface area contributed by atoms with Gasteiger partial charge in [-0.2, -0.15) is 0 Å². The van der Waals surface area contributed by atoms with Gasteiger partial charge in [-0.15, -0.1) is 0 Å². The summed E-state index contributed by atoms with van der Waals surface area (Å²) in [6.45, 7) is 2.03. The van der Waals surface area contributed by atoms with E-state index in [-0.39, 0.29) is 0 Å². The molecule has 6 heteroatoms. The van der Waals surface area contributed by atoms with Crippen LogP contribution in [-0.4, -0.2) is 44.6 Å². The first kappa shape index (κ1) is 16.0. The first-order chi connectivity index (χ1) is 8.86. The van der Waals surface area contributed by atoms with Gasteiger partial charge in [0.15, 0.2) is 11.5 Å². The molecule has 0 saturated heterocycles. The van der Waals surface area contributed by atoms with Crippen LogP contribution >= 0.6 is 7.67 Å². The average molecular weight is 286 g/mol. The number of hydrogen-bond donors (Lipinski definition) is 0. The van der Waals surface area contributed by atoms with E-state index in [0.29, 0.717) is 11.5 Å². The third-order valence-corrected chi connectivity index (χ3v) is 5.32. The molecule has 0 radical (unpaired) electrons. The monoisotopic (exact) mass is 286 g/mol. The molecule has 108 valence electrons. The standard InChI is InChI=1S/C13H23N2O3P/c1-7-11-9-8-10-12(17-6)13(11)18-19(16,14(2)3)15(4)5/h8-10H,7H2,1-6H3. The summed E-state index contributed by atoms with van der Waals surface area (Å²) in [4.78, 5) is 0. The van der Waals surface area contributed by atoms with Crippen molar-refractivity contribution >= 4 is 7.67 Å². The molecule has 0 spiro atoms. The van der Waals surface area contributed by atoms with Gasteiger partial charge >= 0.3 is 7.67 Å². The van der Waals surface area contributed by atoms with E-state index in [1.54, 1.807) is 44.6 Å². The fraction of sp³-hybridized carbons (Fsp3) is 0.538. The lowest BCUT2D eigenvalue weighted by Gasteiger charge is -2.30. The summed E-state index contributed by atoms with van der Waals surface area (Å²) in [7, 11) is 5.45. The minimum absolute atomic E-state index is 0.554. The molecule has 5 nitrogen and oxygen atoms in total. The second-order valence-electron chi connectivity index (χ2n) is 4.58. The van der Waals surface area contributed by atoms with Crippen molar-refractivity contribution in [3.05, 3.63) is 23.8 Å². The number of rotatable bonds is 6. The summed E-state index contributed by atoms with van der Waals surface area (Å²) in [5.41, 5.74) is 0.975. The van der Waals surface area contributed by atoms with Crippen LogP contribution < -0.4 is 9.26 Å². The molecule has 0 bridgehead atoms. The molecule has 0 amide bonds. The van der Waals surface area contributed by atoms with Gasteiger partial charge in [-0.25, -0.2) is 13.9 Å². The van der Waals surface area contributed by atoms with Crippen LogP contribution in [0, 0.1) is 0 Å². The Kier molecular flexibility index (Phi) is 5.41. The molecule has 0 saturated carbocycles. The van der Waals surface area contributed by atoms with Gasteiger partial charge in [-0.3, -0.25) is 0 Å². The van der Waals surface area contributed by atoms with Crippen molar-refractivity contribution in [1.29, 1.82) is 0 Å². The molecule has 0 aromatic heterocycles. The van der Waals surface area contributed by atoms with Crippen LogP contribution in [0.25, 0.3) is 0 Å². The molecule has 1 rings (SSSR count). The van der Waals surface area contributed by atoms with Crippen LogP contribution in [0.4, 0.5) is 0 Å². The smallest absolute Gasteiger partial charge is 0.394 e. The van der Waals surface area contributed by atoms with Crippen LogP contribution in [0.1, 0.15) is 12.5 Å². The Balaban J connectivity index is 3.27. The number of para-hydroxylation sites is 1. The fourth-order valence-electron chi connectivity index (χ4n) is 1.74. The van der Waals surface area contributed by atoms with Gasteiger partial charge in [0.2, 0.25) is 0 Å². The Hall–Kier alpha value is -1.03. The molecule has 0 aliphatic carbocycles. The predicted octanol–water partition coefficient (Wildman–Crippen LogP) is 2.87. The van der Waals surface area contributed by atoms with Crippen molar-refractivity contribution in [3.8, 4) is 11.5 Å². The molecule has 1 aromatic carbocycles. The largest absolute Gasteiger partial charge is 0.493 e. The zero-order chi connectivity index (χ0) is 14.6. The normalized spacial score (nSPS) is 12.0. The second kappa shape index (κ2) is 6.42. The van der Waals surface area contributed by atoms with E-state index in [2.05, 4.69) is 0 Å². The van der Waals surface area contributed by atoms with Gasteiger partial charge in [-0.1, -0.05) is 19.1 Å². The van der Waals surface area contributed by atoms with Crippen molar-refractivity contribution < 1.29 is 13.8 Å². The molecular weight excluding hydrogens is 263 g/mol. The highest BCUT2D eigenvalue weighted by atomic mass is 31.2. The molecule has 0 aliphatic heterocycles. The van der Waals surface area contributed by atoms with Crippen LogP contribution in [0.5, 0.6) is 11.5 Å². The maximum Gasteiger partial charge on any atom is 0.394 e. The highest BCUT2D eigenvalue weighted by molar-refractivity contribution is 7.54. The summed E-state index contributed by atoms with van der Waals surface area (Å²) in [6.07, 6.45) is 0.785. The van der Waals surface area contributed by atoms with E-state index in [0.717, 1.165) is 12.0 Å². The van der Waals surface area contributed by atoms with Crippen molar-refractivity contribution in [1.82, 2.24) is 9.34 Å². The molecule has 1 aromatic rings. The Morgan fingerprint density at radius 2 is 1.74 bits per heavy atom. The number of ether oxygens (including phenoxy) is 1.